The fraction of sp³-hybridized carbons (Fsp3) is 0.950. The second kappa shape index (κ2) is 8.72. The third-order valence-electron chi connectivity index (χ3n) is 5.24. The van der Waals surface area contributed by atoms with Crippen molar-refractivity contribution < 1.29 is 19.4 Å². The molecule has 0 aromatic carbocycles. The van der Waals surface area contributed by atoms with Gasteiger partial charge in [0, 0.05) is 0 Å². The van der Waals surface area contributed by atoms with Crippen LogP contribution >= 0.6 is 0 Å². The number of unbranched alkanes of at least 4 members (excludes halogenated alkanes) is 5. The van der Waals surface area contributed by atoms with Gasteiger partial charge in [0.1, 0.15) is 5.60 Å². The summed E-state index contributed by atoms with van der Waals surface area (Å²) < 4.78 is 11.2. The van der Waals surface area contributed by atoms with Gasteiger partial charge in [0.15, 0.2) is 0 Å². The molecule has 2 aliphatic heterocycles. The average Bonchev–Trinajstić information content (AvgIpc) is 2.48. The number of nitrogens with zero attached hydrogens (tertiary/aromatic N) is 1. The van der Waals surface area contributed by atoms with Crippen LogP contribution in [-0.4, -0.2) is 52.6 Å². The van der Waals surface area contributed by atoms with E-state index in [0.717, 1.165) is 12.8 Å². The fourth-order valence-corrected chi connectivity index (χ4v) is 4.13. The number of hydrogen-bond donors (Lipinski definition) is 1. The number of carbonyl (C=O) groups excluding carboxylic acids is 1. The Kier molecular flexibility index (Phi) is 7.15. The van der Waals surface area contributed by atoms with Crippen LogP contribution in [0.3, 0.4) is 0 Å². The Hall–Kier alpha value is -0.810. The molecule has 0 aromatic heterocycles. The first kappa shape index (κ1) is 20.5. The lowest BCUT2D eigenvalue weighted by atomic mass is 9.78. The maximum Gasteiger partial charge on any atom is 0.410 e. The van der Waals surface area contributed by atoms with Crippen LogP contribution in [0.15, 0.2) is 0 Å². The minimum Gasteiger partial charge on any atom is -0.444 e. The van der Waals surface area contributed by atoms with Crippen LogP contribution in [-0.2, 0) is 9.47 Å². The smallest absolute Gasteiger partial charge is 0.410 e. The molecule has 25 heavy (non-hydrogen) atoms. The fourth-order valence-electron chi connectivity index (χ4n) is 4.13. The van der Waals surface area contributed by atoms with E-state index in [1.165, 1.54) is 32.1 Å². The molecule has 146 valence electrons. The Morgan fingerprint density at radius 1 is 1.12 bits per heavy atom. The number of fused-ring (bicyclic) bond motifs is 2. The number of carbonyl (C=O) groups is 1. The van der Waals surface area contributed by atoms with Crippen molar-refractivity contribution in [1.82, 2.24) is 4.90 Å². The van der Waals surface area contributed by atoms with E-state index in [-0.39, 0.29) is 18.2 Å². The Morgan fingerprint density at radius 3 is 2.24 bits per heavy atom. The number of piperidine rings is 1. The summed E-state index contributed by atoms with van der Waals surface area (Å²) in [5.41, 5.74) is -1.17. The second-order valence-electron chi connectivity index (χ2n) is 8.88. The molecule has 2 aliphatic rings. The summed E-state index contributed by atoms with van der Waals surface area (Å²) >= 11 is 0. The number of hydrogen-bond acceptors (Lipinski definition) is 4. The van der Waals surface area contributed by atoms with Gasteiger partial charge in [-0.15, -0.1) is 0 Å². The van der Waals surface area contributed by atoms with Crippen molar-refractivity contribution >= 4 is 6.09 Å². The van der Waals surface area contributed by atoms with Crippen LogP contribution in [0.1, 0.15) is 85.5 Å². The quantitative estimate of drug-likeness (QED) is 0.693. The zero-order valence-electron chi connectivity index (χ0n) is 16.6. The van der Waals surface area contributed by atoms with E-state index in [1.807, 2.05) is 25.7 Å². The lowest BCUT2D eigenvalue weighted by Gasteiger charge is -2.51. The van der Waals surface area contributed by atoms with E-state index in [2.05, 4.69) is 6.92 Å². The summed E-state index contributed by atoms with van der Waals surface area (Å²) in [4.78, 5) is 14.4. The van der Waals surface area contributed by atoms with Crippen molar-refractivity contribution in [3.05, 3.63) is 0 Å². The third kappa shape index (κ3) is 6.14. The maximum atomic E-state index is 12.6. The predicted octanol–water partition coefficient (Wildman–Crippen LogP) is 4.27. The summed E-state index contributed by atoms with van der Waals surface area (Å²) in [6, 6.07) is -0.153. The number of ether oxygens (including phenoxy) is 2. The Bertz CT molecular complexity index is 418. The van der Waals surface area contributed by atoms with Crippen LogP contribution in [0.25, 0.3) is 0 Å². The predicted molar refractivity (Wildman–Crippen MR) is 98.6 cm³/mol. The highest BCUT2D eigenvalue weighted by atomic mass is 16.6. The molecule has 2 bridgehead atoms. The average molecular weight is 356 g/mol. The van der Waals surface area contributed by atoms with Crippen LogP contribution in [0.5, 0.6) is 0 Å². The third-order valence-corrected chi connectivity index (χ3v) is 5.24. The molecule has 2 unspecified atom stereocenters. The summed E-state index contributed by atoms with van der Waals surface area (Å²) in [6.45, 7) is 8.87. The van der Waals surface area contributed by atoms with Crippen molar-refractivity contribution in [2.45, 2.75) is 109 Å². The van der Waals surface area contributed by atoms with Crippen LogP contribution in [0.4, 0.5) is 4.79 Å². The Labute approximate surface area is 153 Å². The van der Waals surface area contributed by atoms with E-state index >= 15 is 0 Å². The molecular formula is C20H37NO4. The van der Waals surface area contributed by atoms with Gasteiger partial charge in [0.25, 0.3) is 0 Å². The summed E-state index contributed by atoms with van der Waals surface area (Å²) in [7, 11) is 0. The highest BCUT2D eigenvalue weighted by Gasteiger charge is 2.48. The molecule has 2 atom stereocenters. The molecule has 0 aliphatic carbocycles. The molecule has 2 heterocycles. The van der Waals surface area contributed by atoms with Crippen molar-refractivity contribution in [1.29, 1.82) is 0 Å². The zero-order chi connectivity index (χ0) is 18.5. The van der Waals surface area contributed by atoms with E-state index in [1.54, 1.807) is 0 Å². The highest BCUT2D eigenvalue weighted by Crippen LogP contribution is 2.38. The summed E-state index contributed by atoms with van der Waals surface area (Å²) in [5, 5.41) is 11.1. The molecule has 0 radical (unpaired) electrons. The molecular weight excluding hydrogens is 318 g/mol. The minimum absolute atomic E-state index is 0.0764. The zero-order valence-corrected chi connectivity index (χ0v) is 16.6. The Morgan fingerprint density at radius 2 is 1.68 bits per heavy atom. The Balaban J connectivity index is 1.88. The van der Waals surface area contributed by atoms with Gasteiger partial charge in [-0.3, -0.25) is 4.90 Å². The van der Waals surface area contributed by atoms with Crippen molar-refractivity contribution in [2.75, 3.05) is 13.2 Å². The van der Waals surface area contributed by atoms with E-state index in [4.69, 9.17) is 9.47 Å². The van der Waals surface area contributed by atoms with Gasteiger partial charge in [-0.2, -0.15) is 0 Å². The van der Waals surface area contributed by atoms with Crippen LogP contribution in [0, 0.1) is 0 Å². The monoisotopic (exact) mass is 355 g/mol. The number of morpholine rings is 1. The van der Waals surface area contributed by atoms with E-state index < -0.39 is 11.2 Å². The van der Waals surface area contributed by atoms with Crippen LogP contribution in [0.2, 0.25) is 0 Å². The van der Waals surface area contributed by atoms with Crippen LogP contribution < -0.4 is 0 Å². The molecule has 2 fully saturated rings. The second-order valence-corrected chi connectivity index (χ2v) is 8.88. The number of rotatable bonds is 7. The minimum atomic E-state index is -0.664. The van der Waals surface area contributed by atoms with Gasteiger partial charge < -0.3 is 14.6 Å². The van der Waals surface area contributed by atoms with E-state index in [0.29, 0.717) is 26.1 Å². The maximum absolute atomic E-state index is 12.6. The van der Waals surface area contributed by atoms with Crippen molar-refractivity contribution in [3.63, 3.8) is 0 Å². The number of aliphatic hydroxyl groups is 1. The summed E-state index contributed by atoms with van der Waals surface area (Å²) in [6.07, 6.45) is 9.10. The lowest BCUT2D eigenvalue weighted by Crippen LogP contribution is -2.64. The molecule has 5 heteroatoms. The molecule has 2 saturated heterocycles. The molecule has 5 nitrogen and oxygen atoms in total. The highest BCUT2D eigenvalue weighted by molar-refractivity contribution is 5.69. The van der Waals surface area contributed by atoms with Gasteiger partial charge in [-0.1, -0.05) is 45.4 Å². The van der Waals surface area contributed by atoms with Gasteiger partial charge >= 0.3 is 6.09 Å². The van der Waals surface area contributed by atoms with Crippen molar-refractivity contribution in [2.24, 2.45) is 0 Å². The molecule has 2 rings (SSSR count). The molecule has 1 N–H and O–H groups in total. The van der Waals surface area contributed by atoms with Gasteiger partial charge in [-0.05, 0) is 40.0 Å². The first-order valence-corrected chi connectivity index (χ1v) is 10.1. The lowest BCUT2D eigenvalue weighted by molar-refractivity contribution is -0.140. The molecule has 0 saturated carbocycles. The molecule has 1 amide bonds. The van der Waals surface area contributed by atoms with Gasteiger partial charge in [0.05, 0.1) is 30.9 Å². The number of amides is 1. The first-order chi connectivity index (χ1) is 11.7. The molecule has 0 aromatic rings. The SMILES string of the molecule is CCCCCCCCC1(O)CC2COCC(C1)N2C(=O)OC(C)(C)C. The summed E-state index contributed by atoms with van der Waals surface area (Å²) in [5.74, 6) is 0. The standard InChI is InChI=1S/C20H37NO4/c1-5-6-7-8-9-10-11-20(23)12-16-14-24-15-17(13-20)21(16)18(22)25-19(2,3)4/h16-17,23H,5-15H2,1-4H3. The van der Waals surface area contributed by atoms with Gasteiger partial charge in [0.2, 0.25) is 0 Å². The largest absolute Gasteiger partial charge is 0.444 e. The normalized spacial score (nSPS) is 29.6. The van der Waals surface area contributed by atoms with Crippen molar-refractivity contribution in [3.8, 4) is 0 Å². The van der Waals surface area contributed by atoms with Gasteiger partial charge in [-0.25, -0.2) is 4.79 Å². The topological polar surface area (TPSA) is 59.0 Å². The van der Waals surface area contributed by atoms with E-state index in [9.17, 15) is 9.90 Å². The molecule has 0 spiro atoms. The first-order valence-electron chi connectivity index (χ1n) is 10.1.